The van der Waals surface area contributed by atoms with Gasteiger partial charge in [-0.1, -0.05) is 13.3 Å². The third-order valence-electron chi connectivity index (χ3n) is 0.512. The molecule has 3 N–H and O–H groups in total. The molecule has 0 aliphatic rings. The van der Waals surface area contributed by atoms with Gasteiger partial charge in [0, 0.05) is 6.61 Å². The van der Waals surface area contributed by atoms with Crippen molar-refractivity contribution in [2.75, 3.05) is 6.61 Å². The quantitative estimate of drug-likeness (QED) is 0.658. The van der Waals surface area contributed by atoms with E-state index in [1.807, 2.05) is 0 Å². The topological polar surface area (TPSA) is 51.7 Å². The zero-order chi connectivity index (χ0) is 4.12. The predicted octanol–water partition coefficient (Wildman–Crippen LogP) is -0.202. The van der Waals surface area contributed by atoms with Gasteiger partial charge in [0.15, 0.2) is 0 Å². The minimum Gasteiger partial charge on any atom is -1.00 e. The molecule has 0 spiro atoms. The van der Waals surface area contributed by atoms with Gasteiger partial charge >= 0.3 is 48.9 Å². The molecular weight excluding hydrogens is 217 g/mol. The van der Waals surface area contributed by atoms with Crippen LogP contribution in [0.15, 0.2) is 0 Å². The van der Waals surface area contributed by atoms with Crippen molar-refractivity contribution < 1.29 is 13.4 Å². The Hall–Kier alpha value is 1.49. The van der Waals surface area contributed by atoms with Crippen LogP contribution in [0.2, 0.25) is 0 Å². The average Bonchev–Trinajstić information content (AvgIpc) is 1.41. The summed E-state index contributed by atoms with van der Waals surface area (Å²) >= 11 is 0. The van der Waals surface area contributed by atoms with Crippen molar-refractivity contribution in [3.05, 3.63) is 0 Å². The Kier molecular flexibility index (Phi) is 35.3. The molecule has 0 fully saturated rings. The Balaban J connectivity index is -0.0000000133. The van der Waals surface area contributed by atoms with E-state index in [-0.39, 0.29) is 57.2 Å². The Bertz CT molecular complexity index is 24.0. The van der Waals surface area contributed by atoms with E-state index in [9.17, 15) is 0 Å². The van der Waals surface area contributed by atoms with Gasteiger partial charge in [-0.05, 0) is 6.42 Å². The number of aliphatic hydroxyl groups excluding tert-OH is 1. The van der Waals surface area contributed by atoms with E-state index in [2.05, 4.69) is 6.92 Å². The zero-order valence-electron chi connectivity index (χ0n) is 6.78. The zero-order valence-corrected chi connectivity index (χ0v) is 9.22. The van der Waals surface area contributed by atoms with Crippen molar-refractivity contribution in [2.24, 2.45) is 0 Å². The first-order valence-electron chi connectivity index (χ1n) is 2.02. The molecule has 3 heteroatoms. The first kappa shape index (κ1) is 15.8. The number of hydrogen-bond donors (Lipinski definition) is 1. The van der Waals surface area contributed by atoms with Gasteiger partial charge < -0.3 is 13.4 Å². The van der Waals surface area contributed by atoms with Crippen LogP contribution in [-0.4, -0.2) is 66.1 Å². The summed E-state index contributed by atoms with van der Waals surface area (Å²) in [7, 11) is 0. The molecule has 7 heavy (non-hydrogen) atoms. The molecule has 0 amide bonds. The van der Waals surface area contributed by atoms with E-state index < -0.39 is 0 Å². The monoisotopic (exact) mass is 232 g/mol. The van der Waals surface area contributed by atoms with Crippen LogP contribution in [0.25, 0.3) is 0 Å². The van der Waals surface area contributed by atoms with E-state index >= 15 is 0 Å². The Morgan fingerprint density at radius 1 is 1.57 bits per heavy atom. The number of hydrogen-bond acceptors (Lipinski definition) is 1. The second-order valence-electron chi connectivity index (χ2n) is 1.08. The number of aliphatic hydroxyl groups is 1. The molecule has 0 radical (unpaired) electrons. The Morgan fingerprint density at radius 3 is 2.00 bits per heavy atom. The summed E-state index contributed by atoms with van der Waals surface area (Å²) in [5.41, 5.74) is 0. The van der Waals surface area contributed by atoms with Crippen LogP contribution in [0, 0.1) is 0 Å². The van der Waals surface area contributed by atoms with Crippen LogP contribution in [0.1, 0.15) is 22.6 Å². The molecule has 0 saturated heterocycles. The summed E-state index contributed by atoms with van der Waals surface area (Å²) in [5.74, 6) is 0. The minimum atomic E-state index is 0. The van der Waals surface area contributed by atoms with Gasteiger partial charge in [0.1, 0.15) is 0 Å². The minimum absolute atomic E-state index is 0. The van der Waals surface area contributed by atoms with Crippen molar-refractivity contribution in [1.29, 1.82) is 0 Å². The van der Waals surface area contributed by atoms with Gasteiger partial charge in [0.25, 0.3) is 0 Å². The van der Waals surface area contributed by atoms with Crippen LogP contribution in [-0.2, 0) is 0 Å². The average molecular weight is 231 g/mol. The molecule has 0 unspecified atom stereocenters. The summed E-state index contributed by atoms with van der Waals surface area (Å²) in [6, 6.07) is 0. The van der Waals surface area contributed by atoms with E-state index in [1.165, 1.54) is 0 Å². The molecule has 0 aromatic carbocycles. The second-order valence-corrected chi connectivity index (χ2v) is 1.08. The summed E-state index contributed by atoms with van der Waals surface area (Å²) in [6.45, 7) is 2.40. The maximum Gasteiger partial charge on any atom is 2.00 e. The Morgan fingerprint density at radius 2 is 2.00 bits per heavy atom. The van der Waals surface area contributed by atoms with Crippen LogP contribution >= 0.6 is 0 Å². The normalized spacial score (nSPS) is 6.00. The Labute approximate surface area is 87.7 Å². The first-order valence-corrected chi connectivity index (χ1v) is 2.02. The van der Waals surface area contributed by atoms with E-state index in [1.54, 1.807) is 0 Å². The second kappa shape index (κ2) is 15.6. The third kappa shape index (κ3) is 18.5. The van der Waals surface area contributed by atoms with Gasteiger partial charge in [0.05, 0.1) is 0 Å². The fraction of sp³-hybridized carbons (Fsp3) is 1.00. The molecule has 0 aliphatic heterocycles. The first-order chi connectivity index (χ1) is 2.41. The van der Waals surface area contributed by atoms with E-state index in [4.69, 9.17) is 5.11 Å². The summed E-state index contributed by atoms with van der Waals surface area (Å²) in [4.78, 5) is 0. The van der Waals surface area contributed by atoms with Crippen molar-refractivity contribution in [3.63, 3.8) is 0 Å². The van der Waals surface area contributed by atoms with Gasteiger partial charge in [0.2, 0.25) is 0 Å². The molecule has 0 heterocycles. The molecular formula is C4H14BaO2. The van der Waals surface area contributed by atoms with Crippen LogP contribution in [0.3, 0.4) is 0 Å². The fourth-order valence-corrected chi connectivity index (χ4v) is 0.158. The fourth-order valence-electron chi connectivity index (χ4n) is 0.158. The van der Waals surface area contributed by atoms with Crippen LogP contribution < -0.4 is 0 Å². The van der Waals surface area contributed by atoms with Gasteiger partial charge in [-0.15, -0.1) is 0 Å². The molecule has 0 atom stereocenters. The van der Waals surface area contributed by atoms with E-state index in [0.29, 0.717) is 6.61 Å². The molecule has 0 saturated carbocycles. The van der Waals surface area contributed by atoms with Crippen molar-refractivity contribution >= 4 is 48.9 Å². The summed E-state index contributed by atoms with van der Waals surface area (Å²) in [5, 5.41) is 8.07. The third-order valence-corrected chi connectivity index (χ3v) is 0.512. The summed E-state index contributed by atoms with van der Waals surface area (Å²) < 4.78 is 0. The van der Waals surface area contributed by atoms with Crippen LogP contribution in [0.5, 0.6) is 0 Å². The van der Waals surface area contributed by atoms with Crippen molar-refractivity contribution in [1.82, 2.24) is 0 Å². The van der Waals surface area contributed by atoms with Gasteiger partial charge in [-0.3, -0.25) is 0 Å². The van der Waals surface area contributed by atoms with E-state index in [0.717, 1.165) is 12.8 Å². The molecule has 0 aliphatic carbocycles. The number of unbranched alkanes of at least 4 members (excludes halogenated alkanes) is 1. The number of rotatable bonds is 2. The molecule has 0 aromatic rings. The standard InChI is InChI=1S/C4H10O.Ba.H2O.2H/c1-2-3-4-5;;;;/h5H,2-4H2,1H3;;1H2;;/q;+2;;2*-1. The maximum atomic E-state index is 8.07. The maximum absolute atomic E-state index is 8.07. The largest absolute Gasteiger partial charge is 2.00 e. The van der Waals surface area contributed by atoms with Crippen molar-refractivity contribution in [2.45, 2.75) is 19.8 Å². The molecule has 0 rings (SSSR count). The smallest absolute Gasteiger partial charge is 1.00 e. The predicted molar refractivity (Wildman–Crippen MR) is 33.6 cm³/mol. The molecule has 44 valence electrons. The molecule has 0 aromatic heterocycles. The van der Waals surface area contributed by atoms with Gasteiger partial charge in [-0.2, -0.15) is 0 Å². The SMILES string of the molecule is CCCCO.O.[Ba+2].[H-].[H-]. The molecule has 2 nitrogen and oxygen atoms in total. The van der Waals surface area contributed by atoms with Crippen molar-refractivity contribution in [3.8, 4) is 0 Å². The van der Waals surface area contributed by atoms with Gasteiger partial charge in [-0.25, -0.2) is 0 Å². The van der Waals surface area contributed by atoms with Crippen LogP contribution in [0.4, 0.5) is 0 Å². The molecule has 0 bridgehead atoms. The summed E-state index contributed by atoms with van der Waals surface area (Å²) in [6.07, 6.45) is 2.04.